The molecule has 0 bridgehead atoms. The summed E-state index contributed by atoms with van der Waals surface area (Å²) in [6.07, 6.45) is 0. The molecule has 0 aliphatic heterocycles. The molecule has 0 aromatic heterocycles. The number of carboxylic acids is 2. The van der Waals surface area contributed by atoms with E-state index in [9.17, 15) is 14.4 Å². The molecule has 70 valence electrons. The van der Waals surface area contributed by atoms with Crippen LogP contribution in [0, 0.1) is 0 Å². The van der Waals surface area contributed by atoms with Crippen molar-refractivity contribution in [2.24, 2.45) is 0 Å². The monoisotopic (exact) mass is 179 g/mol. The molecule has 0 aromatic rings. The Kier molecular flexibility index (Phi) is 5.50. The van der Waals surface area contributed by atoms with Crippen molar-refractivity contribution in [3.63, 3.8) is 0 Å². The molecule has 1 atom stereocenters. The van der Waals surface area contributed by atoms with Gasteiger partial charge in [-0.1, -0.05) is 0 Å². The fourth-order valence-corrected chi connectivity index (χ4v) is 0.320. The van der Waals surface area contributed by atoms with E-state index in [1.54, 1.807) is 5.32 Å². The molecule has 1 amide bonds. The SMILES string of the molecule is CC(NC(=O)C(=O)O)C(=O)O.O. The van der Waals surface area contributed by atoms with Crippen LogP contribution in [0.3, 0.4) is 0 Å². The first kappa shape index (κ1) is 13.0. The lowest BCUT2D eigenvalue weighted by molar-refractivity contribution is -0.151. The first-order valence-electron chi connectivity index (χ1n) is 2.71. The Bertz CT molecular complexity index is 200. The molecule has 0 aliphatic rings. The zero-order valence-corrected chi connectivity index (χ0v) is 6.20. The molecule has 0 heterocycles. The maximum absolute atomic E-state index is 10.3. The molecule has 0 aromatic carbocycles. The van der Waals surface area contributed by atoms with Crippen molar-refractivity contribution in [3.8, 4) is 0 Å². The van der Waals surface area contributed by atoms with Crippen molar-refractivity contribution in [1.29, 1.82) is 0 Å². The van der Waals surface area contributed by atoms with Gasteiger partial charge in [0.05, 0.1) is 0 Å². The van der Waals surface area contributed by atoms with Crippen molar-refractivity contribution in [2.45, 2.75) is 13.0 Å². The predicted octanol–water partition coefficient (Wildman–Crippen LogP) is -2.16. The summed E-state index contributed by atoms with van der Waals surface area (Å²) in [6, 6.07) is -1.18. The number of nitrogens with one attached hydrogen (secondary N) is 1. The molecule has 1 unspecified atom stereocenters. The van der Waals surface area contributed by atoms with Gasteiger partial charge in [0.1, 0.15) is 6.04 Å². The van der Waals surface area contributed by atoms with Crippen LogP contribution in [0.5, 0.6) is 0 Å². The summed E-state index contributed by atoms with van der Waals surface area (Å²) in [4.78, 5) is 30.2. The largest absolute Gasteiger partial charge is 0.480 e. The number of amides is 1. The Hall–Kier alpha value is -1.63. The van der Waals surface area contributed by atoms with E-state index in [-0.39, 0.29) is 5.48 Å². The minimum absolute atomic E-state index is 0. The third-order valence-corrected chi connectivity index (χ3v) is 0.912. The van der Waals surface area contributed by atoms with Crippen molar-refractivity contribution in [2.75, 3.05) is 0 Å². The Morgan fingerprint density at radius 1 is 1.25 bits per heavy atom. The Morgan fingerprint density at radius 2 is 1.67 bits per heavy atom. The van der Waals surface area contributed by atoms with E-state index in [1.165, 1.54) is 6.92 Å². The number of rotatable bonds is 2. The summed E-state index contributed by atoms with van der Waals surface area (Å²) in [5.74, 6) is -4.29. The van der Waals surface area contributed by atoms with Gasteiger partial charge in [0, 0.05) is 0 Å². The van der Waals surface area contributed by atoms with Gasteiger partial charge in [-0.2, -0.15) is 0 Å². The van der Waals surface area contributed by atoms with Gasteiger partial charge in [-0.05, 0) is 6.92 Å². The van der Waals surface area contributed by atoms with E-state index in [1.807, 2.05) is 0 Å². The number of hydrogen-bond donors (Lipinski definition) is 3. The molecular formula is C5H9NO6. The highest BCUT2D eigenvalue weighted by atomic mass is 16.4. The predicted molar refractivity (Wildman–Crippen MR) is 36.5 cm³/mol. The third-order valence-electron chi connectivity index (χ3n) is 0.912. The van der Waals surface area contributed by atoms with E-state index in [2.05, 4.69) is 0 Å². The number of carboxylic acid groups (broad SMARTS) is 2. The van der Waals surface area contributed by atoms with E-state index in [0.29, 0.717) is 0 Å². The summed E-state index contributed by atoms with van der Waals surface area (Å²) in [6.45, 7) is 1.17. The number of hydrogen-bond acceptors (Lipinski definition) is 3. The number of carbonyl (C=O) groups is 3. The first-order chi connectivity index (χ1) is 4.95. The maximum atomic E-state index is 10.3. The lowest BCUT2D eigenvalue weighted by Gasteiger charge is -2.04. The van der Waals surface area contributed by atoms with Gasteiger partial charge in [0.15, 0.2) is 0 Å². The topological polar surface area (TPSA) is 135 Å². The summed E-state index contributed by atoms with van der Waals surface area (Å²) >= 11 is 0. The van der Waals surface area contributed by atoms with Gasteiger partial charge < -0.3 is 21.0 Å². The van der Waals surface area contributed by atoms with Gasteiger partial charge in [0.25, 0.3) is 0 Å². The van der Waals surface area contributed by atoms with Crippen LogP contribution in [0.4, 0.5) is 0 Å². The highest BCUT2D eigenvalue weighted by molar-refractivity contribution is 6.31. The van der Waals surface area contributed by atoms with Crippen molar-refractivity contribution in [1.82, 2.24) is 5.32 Å². The molecular weight excluding hydrogens is 170 g/mol. The van der Waals surface area contributed by atoms with Crippen LogP contribution >= 0.6 is 0 Å². The summed E-state index contributed by atoms with van der Waals surface area (Å²) in [7, 11) is 0. The second kappa shape index (κ2) is 5.08. The molecule has 7 heteroatoms. The molecule has 0 saturated heterocycles. The Labute approximate surface area is 67.3 Å². The third kappa shape index (κ3) is 4.23. The Morgan fingerprint density at radius 3 is 1.92 bits per heavy atom. The second-order valence-electron chi connectivity index (χ2n) is 1.84. The van der Waals surface area contributed by atoms with Gasteiger partial charge in [-0.25, -0.2) is 4.79 Å². The second-order valence-corrected chi connectivity index (χ2v) is 1.84. The smallest absolute Gasteiger partial charge is 0.394 e. The number of carbonyl (C=O) groups excluding carboxylic acids is 1. The average Bonchev–Trinajstić information content (AvgIpc) is 1.87. The fraction of sp³-hybridized carbons (Fsp3) is 0.400. The molecule has 0 rings (SSSR count). The zero-order chi connectivity index (χ0) is 9.02. The van der Waals surface area contributed by atoms with Crippen LogP contribution in [0.1, 0.15) is 6.92 Å². The van der Waals surface area contributed by atoms with Crippen LogP contribution in [0.15, 0.2) is 0 Å². The van der Waals surface area contributed by atoms with Gasteiger partial charge in [0.2, 0.25) is 0 Å². The minimum Gasteiger partial charge on any atom is -0.480 e. The molecule has 0 fully saturated rings. The molecule has 0 saturated carbocycles. The van der Waals surface area contributed by atoms with Crippen LogP contribution < -0.4 is 5.32 Å². The quantitative estimate of drug-likeness (QED) is 0.414. The normalized spacial score (nSPS) is 10.8. The van der Waals surface area contributed by atoms with Crippen LogP contribution in [-0.4, -0.2) is 39.6 Å². The molecule has 0 aliphatic carbocycles. The standard InChI is InChI=1S/C5H7NO5.H2O/c1-2(4(8)9)6-3(7)5(10)11;/h2H,1H3,(H,6,7)(H,8,9)(H,10,11);1H2. The molecule has 7 nitrogen and oxygen atoms in total. The van der Waals surface area contributed by atoms with Gasteiger partial charge in [-0.15, -0.1) is 0 Å². The van der Waals surface area contributed by atoms with E-state index in [4.69, 9.17) is 10.2 Å². The first-order valence-corrected chi connectivity index (χ1v) is 2.71. The van der Waals surface area contributed by atoms with Crippen molar-refractivity contribution >= 4 is 17.8 Å². The Balaban J connectivity index is 0. The molecule has 0 radical (unpaired) electrons. The summed E-state index contributed by atoms with van der Waals surface area (Å²) in [5.41, 5.74) is 0. The van der Waals surface area contributed by atoms with Gasteiger partial charge in [-0.3, -0.25) is 9.59 Å². The lowest BCUT2D eigenvalue weighted by Crippen LogP contribution is -2.41. The average molecular weight is 179 g/mol. The van der Waals surface area contributed by atoms with Crippen LogP contribution in [0.2, 0.25) is 0 Å². The molecule has 5 N–H and O–H groups in total. The van der Waals surface area contributed by atoms with Crippen LogP contribution in [0.25, 0.3) is 0 Å². The minimum atomic E-state index is -1.70. The van der Waals surface area contributed by atoms with Crippen molar-refractivity contribution < 1.29 is 30.1 Å². The van der Waals surface area contributed by atoms with E-state index in [0.717, 1.165) is 0 Å². The highest BCUT2D eigenvalue weighted by Crippen LogP contribution is 1.80. The maximum Gasteiger partial charge on any atom is 0.394 e. The fourth-order valence-electron chi connectivity index (χ4n) is 0.320. The summed E-state index contributed by atoms with van der Waals surface area (Å²) in [5, 5.41) is 18.0. The zero-order valence-electron chi connectivity index (χ0n) is 6.20. The molecule has 12 heavy (non-hydrogen) atoms. The highest BCUT2D eigenvalue weighted by Gasteiger charge is 2.18. The summed E-state index contributed by atoms with van der Waals surface area (Å²) < 4.78 is 0. The van der Waals surface area contributed by atoms with E-state index < -0.39 is 23.9 Å². The lowest BCUT2D eigenvalue weighted by atomic mass is 10.3. The number of aliphatic carboxylic acids is 2. The van der Waals surface area contributed by atoms with Gasteiger partial charge >= 0.3 is 17.8 Å². The van der Waals surface area contributed by atoms with Crippen molar-refractivity contribution in [3.05, 3.63) is 0 Å². The van der Waals surface area contributed by atoms with Crippen LogP contribution in [-0.2, 0) is 14.4 Å². The molecule has 0 spiro atoms. The van der Waals surface area contributed by atoms with E-state index >= 15 is 0 Å².